The number of hydrogen-bond donors (Lipinski definition) is 0. The first-order valence-electron chi connectivity index (χ1n) is 6.76. The summed E-state index contributed by atoms with van der Waals surface area (Å²) in [5.41, 5.74) is 1.26. The van der Waals surface area contributed by atoms with E-state index in [2.05, 4.69) is 0 Å². The number of aryl methyl sites for hydroxylation is 1. The van der Waals surface area contributed by atoms with Crippen LogP contribution >= 0.6 is 11.6 Å². The summed E-state index contributed by atoms with van der Waals surface area (Å²) in [5.74, 6) is -0.0490. The highest BCUT2D eigenvalue weighted by Gasteiger charge is 2.27. The summed E-state index contributed by atoms with van der Waals surface area (Å²) >= 11 is 5.81. The monoisotopic (exact) mass is 283 g/mol. The van der Waals surface area contributed by atoms with Gasteiger partial charge in [0.25, 0.3) is 5.91 Å². The van der Waals surface area contributed by atoms with Crippen LogP contribution in [0.25, 0.3) is 0 Å². The molecular formula is C15H19ClFNO. The zero-order chi connectivity index (χ0) is 13.8. The average molecular weight is 284 g/mol. The van der Waals surface area contributed by atoms with Crippen LogP contribution in [0.2, 0.25) is 0 Å². The molecule has 104 valence electrons. The Morgan fingerprint density at radius 3 is 2.74 bits per heavy atom. The minimum atomic E-state index is -0.369. The molecule has 0 aliphatic heterocycles. The van der Waals surface area contributed by atoms with Gasteiger partial charge in [-0.25, -0.2) is 4.39 Å². The van der Waals surface area contributed by atoms with E-state index in [0.29, 0.717) is 18.0 Å². The minimum absolute atomic E-state index is 0.0930. The molecule has 1 saturated carbocycles. The van der Waals surface area contributed by atoms with Gasteiger partial charge >= 0.3 is 0 Å². The third kappa shape index (κ3) is 3.27. The molecule has 1 aromatic rings. The first-order chi connectivity index (χ1) is 9.13. The van der Waals surface area contributed by atoms with Crippen molar-refractivity contribution in [2.45, 2.75) is 38.6 Å². The minimum Gasteiger partial charge on any atom is -0.334 e. The molecule has 4 heteroatoms. The average Bonchev–Trinajstić information content (AvgIpc) is 2.92. The predicted molar refractivity (Wildman–Crippen MR) is 75.1 cm³/mol. The number of amides is 1. The summed E-state index contributed by atoms with van der Waals surface area (Å²) in [5, 5.41) is 0. The number of halogens is 2. The maximum atomic E-state index is 13.3. The molecule has 0 atom stereocenters. The molecule has 0 radical (unpaired) electrons. The van der Waals surface area contributed by atoms with Crippen LogP contribution in [0.15, 0.2) is 18.2 Å². The first-order valence-corrected chi connectivity index (χ1v) is 7.30. The number of carbonyl (C=O) groups is 1. The molecule has 0 N–H and O–H groups in total. The number of hydrogen-bond acceptors (Lipinski definition) is 1. The first kappa shape index (κ1) is 14.3. The van der Waals surface area contributed by atoms with Crippen molar-refractivity contribution in [2.75, 3.05) is 12.4 Å². The van der Waals surface area contributed by atoms with E-state index in [-0.39, 0.29) is 17.8 Å². The van der Waals surface area contributed by atoms with Crippen molar-refractivity contribution in [1.82, 2.24) is 4.90 Å². The zero-order valence-electron chi connectivity index (χ0n) is 11.2. The highest BCUT2D eigenvalue weighted by molar-refractivity contribution is 6.18. The highest BCUT2D eigenvalue weighted by atomic mass is 35.5. The van der Waals surface area contributed by atoms with Crippen LogP contribution in [0.3, 0.4) is 0 Å². The van der Waals surface area contributed by atoms with Gasteiger partial charge in [-0.2, -0.15) is 0 Å². The molecule has 0 bridgehead atoms. The normalized spacial score (nSPS) is 15.7. The fourth-order valence-electron chi connectivity index (χ4n) is 2.74. The van der Waals surface area contributed by atoms with Crippen LogP contribution in [0, 0.1) is 12.7 Å². The molecule has 1 aliphatic rings. The molecule has 0 saturated heterocycles. The van der Waals surface area contributed by atoms with Gasteiger partial charge in [0.1, 0.15) is 5.82 Å². The second kappa shape index (κ2) is 6.38. The van der Waals surface area contributed by atoms with Crippen LogP contribution in [-0.2, 0) is 0 Å². The van der Waals surface area contributed by atoms with Gasteiger partial charge in [0.2, 0.25) is 0 Å². The summed E-state index contributed by atoms with van der Waals surface area (Å²) in [6, 6.07) is 4.62. The maximum absolute atomic E-state index is 13.3. The van der Waals surface area contributed by atoms with Gasteiger partial charge in [0, 0.05) is 24.0 Å². The van der Waals surface area contributed by atoms with E-state index in [1.54, 1.807) is 6.07 Å². The molecule has 1 amide bonds. The third-order valence-electron chi connectivity index (χ3n) is 3.78. The van der Waals surface area contributed by atoms with Crippen molar-refractivity contribution in [1.29, 1.82) is 0 Å². The van der Waals surface area contributed by atoms with Crippen LogP contribution in [0.4, 0.5) is 4.39 Å². The third-order valence-corrected chi connectivity index (χ3v) is 3.95. The van der Waals surface area contributed by atoms with Crippen LogP contribution in [-0.4, -0.2) is 29.3 Å². The zero-order valence-corrected chi connectivity index (χ0v) is 11.9. The number of rotatable bonds is 4. The lowest BCUT2D eigenvalue weighted by atomic mass is 10.1. The summed E-state index contributed by atoms with van der Waals surface area (Å²) in [6.07, 6.45) is 4.35. The van der Waals surface area contributed by atoms with E-state index in [1.807, 2.05) is 11.8 Å². The molecule has 0 unspecified atom stereocenters. The van der Waals surface area contributed by atoms with E-state index in [9.17, 15) is 9.18 Å². The molecule has 19 heavy (non-hydrogen) atoms. The number of carbonyl (C=O) groups excluding carboxylic acids is 1. The Balaban J connectivity index is 2.25. The van der Waals surface area contributed by atoms with Gasteiger partial charge in [0.05, 0.1) is 0 Å². The van der Waals surface area contributed by atoms with Gasteiger partial charge in [-0.05, 0) is 37.5 Å². The van der Waals surface area contributed by atoms with Gasteiger partial charge in [-0.3, -0.25) is 4.79 Å². The second-order valence-electron chi connectivity index (χ2n) is 5.09. The van der Waals surface area contributed by atoms with Crippen molar-refractivity contribution in [3.05, 3.63) is 35.1 Å². The van der Waals surface area contributed by atoms with Gasteiger partial charge in [-0.1, -0.05) is 18.9 Å². The van der Waals surface area contributed by atoms with Crippen molar-refractivity contribution < 1.29 is 9.18 Å². The van der Waals surface area contributed by atoms with Crippen LogP contribution in [0.5, 0.6) is 0 Å². The van der Waals surface area contributed by atoms with Crippen molar-refractivity contribution >= 4 is 17.5 Å². The summed E-state index contributed by atoms with van der Waals surface area (Å²) in [7, 11) is 0. The van der Waals surface area contributed by atoms with Crippen molar-refractivity contribution in [3.8, 4) is 0 Å². The van der Waals surface area contributed by atoms with Gasteiger partial charge < -0.3 is 4.90 Å². The van der Waals surface area contributed by atoms with Crippen LogP contribution in [0.1, 0.15) is 41.6 Å². The van der Waals surface area contributed by atoms with Crippen molar-refractivity contribution in [2.24, 2.45) is 0 Å². The Hall–Kier alpha value is -1.09. The quantitative estimate of drug-likeness (QED) is 0.771. The summed E-state index contributed by atoms with van der Waals surface area (Å²) in [4.78, 5) is 14.4. The van der Waals surface area contributed by atoms with Gasteiger partial charge in [-0.15, -0.1) is 11.6 Å². The standard InChI is InChI=1S/C15H19ClFNO/c1-11-6-7-12(17)10-14(11)15(19)18(9-8-16)13-4-2-3-5-13/h6-7,10,13H,2-5,8-9H2,1H3. The maximum Gasteiger partial charge on any atom is 0.254 e. The SMILES string of the molecule is Cc1ccc(F)cc1C(=O)N(CCCl)C1CCCC1. The fourth-order valence-corrected chi connectivity index (χ4v) is 2.92. The Morgan fingerprint density at radius 2 is 2.11 bits per heavy atom. The molecule has 2 rings (SSSR count). The Bertz CT molecular complexity index is 457. The van der Waals surface area contributed by atoms with E-state index < -0.39 is 0 Å². The molecular weight excluding hydrogens is 265 g/mol. The largest absolute Gasteiger partial charge is 0.334 e. The van der Waals surface area contributed by atoms with Crippen LogP contribution < -0.4 is 0 Å². The van der Waals surface area contributed by atoms with E-state index in [0.717, 1.165) is 31.2 Å². The second-order valence-corrected chi connectivity index (χ2v) is 5.46. The number of alkyl halides is 1. The fraction of sp³-hybridized carbons (Fsp3) is 0.533. The van der Waals surface area contributed by atoms with E-state index in [4.69, 9.17) is 11.6 Å². The highest BCUT2D eigenvalue weighted by Crippen LogP contribution is 2.25. The molecule has 0 heterocycles. The topological polar surface area (TPSA) is 20.3 Å². The molecule has 1 aliphatic carbocycles. The lowest BCUT2D eigenvalue weighted by Gasteiger charge is -2.29. The lowest BCUT2D eigenvalue weighted by Crippen LogP contribution is -2.40. The Kier molecular flexibility index (Phi) is 4.81. The summed E-state index contributed by atoms with van der Waals surface area (Å²) in [6.45, 7) is 2.36. The molecule has 1 fully saturated rings. The molecule has 0 spiro atoms. The van der Waals surface area contributed by atoms with Gasteiger partial charge in [0.15, 0.2) is 0 Å². The molecule has 2 nitrogen and oxygen atoms in total. The van der Waals surface area contributed by atoms with Crippen molar-refractivity contribution in [3.63, 3.8) is 0 Å². The summed E-state index contributed by atoms with van der Waals surface area (Å²) < 4.78 is 13.3. The number of benzene rings is 1. The van der Waals surface area contributed by atoms with E-state index in [1.165, 1.54) is 12.1 Å². The smallest absolute Gasteiger partial charge is 0.254 e. The number of nitrogens with zero attached hydrogens (tertiary/aromatic N) is 1. The molecule has 0 aromatic heterocycles. The van der Waals surface area contributed by atoms with E-state index >= 15 is 0 Å². The Morgan fingerprint density at radius 1 is 1.42 bits per heavy atom. The Labute approximate surface area is 118 Å². The lowest BCUT2D eigenvalue weighted by molar-refractivity contribution is 0.0694. The predicted octanol–water partition coefficient (Wildman–Crippen LogP) is 3.76. The molecule has 1 aromatic carbocycles.